The summed E-state index contributed by atoms with van der Waals surface area (Å²) in [4.78, 5) is 7.48. The number of hydrogen-bond acceptors (Lipinski definition) is 2. The molecule has 2 aliphatic heterocycles. The van der Waals surface area contributed by atoms with E-state index in [0.717, 1.165) is 17.1 Å². The van der Waals surface area contributed by atoms with E-state index in [1.165, 1.54) is 44.6 Å². The van der Waals surface area contributed by atoms with Crippen LogP contribution in [-0.4, -0.2) is 21.3 Å². The van der Waals surface area contributed by atoms with Gasteiger partial charge in [0, 0.05) is 16.8 Å². The van der Waals surface area contributed by atoms with E-state index in [-0.39, 0.29) is 6.98 Å². The molecule has 4 aromatic rings. The quantitative estimate of drug-likeness (QED) is 0.345. The minimum atomic E-state index is -0.0341. The molecule has 0 atom stereocenters. The monoisotopic (exact) mass is 453 g/mol. The Morgan fingerprint density at radius 1 is 0.714 bits per heavy atom. The lowest BCUT2D eigenvalue weighted by molar-refractivity contribution is 0.702. The Morgan fingerprint density at radius 3 is 2.06 bits per heavy atom. The van der Waals surface area contributed by atoms with Gasteiger partial charge in [0.15, 0.2) is 0 Å². The van der Waals surface area contributed by atoms with Gasteiger partial charge in [-0.15, -0.1) is 0 Å². The Kier molecular flexibility index (Phi) is 5.10. The number of imidazole rings is 1. The van der Waals surface area contributed by atoms with E-state index >= 15 is 0 Å². The third kappa shape index (κ3) is 3.32. The number of aromatic nitrogens is 2. The Bertz CT molecular complexity index is 1500. The van der Waals surface area contributed by atoms with Crippen molar-refractivity contribution in [2.75, 3.05) is 0 Å². The van der Waals surface area contributed by atoms with Gasteiger partial charge in [0.1, 0.15) is 5.82 Å². The van der Waals surface area contributed by atoms with Crippen LogP contribution in [0.15, 0.2) is 103 Å². The molecule has 0 aliphatic carbocycles. The van der Waals surface area contributed by atoms with Crippen molar-refractivity contribution in [3.05, 3.63) is 137 Å². The summed E-state index contributed by atoms with van der Waals surface area (Å²) in [5.41, 5.74) is 12.4. The lowest BCUT2D eigenvalue weighted by Crippen LogP contribution is -2.55. The topological polar surface area (TPSA) is 21.1 Å². The predicted octanol–water partition coefficient (Wildman–Crippen LogP) is 6.19. The number of aryl methyl sites for hydroxylation is 4. The summed E-state index contributed by atoms with van der Waals surface area (Å²) in [6.07, 6.45) is 10.8. The van der Waals surface area contributed by atoms with Crippen molar-refractivity contribution in [1.29, 1.82) is 0 Å². The van der Waals surface area contributed by atoms with Crippen molar-refractivity contribution in [2.24, 2.45) is 0 Å². The van der Waals surface area contributed by atoms with E-state index < -0.39 is 0 Å². The van der Waals surface area contributed by atoms with Gasteiger partial charge < -0.3 is 9.29 Å². The van der Waals surface area contributed by atoms with Crippen molar-refractivity contribution in [3.8, 4) is 11.4 Å². The highest BCUT2D eigenvalue weighted by Gasteiger charge is 2.41. The maximum absolute atomic E-state index is 5.05. The molecule has 0 N–H and O–H groups in total. The van der Waals surface area contributed by atoms with Gasteiger partial charge in [0.05, 0.1) is 11.9 Å². The third-order valence-electron chi connectivity index (χ3n) is 7.27. The van der Waals surface area contributed by atoms with Crippen molar-refractivity contribution in [1.82, 2.24) is 14.3 Å². The summed E-state index contributed by atoms with van der Waals surface area (Å²) in [6, 6.07) is 23.7. The highest BCUT2D eigenvalue weighted by Crippen LogP contribution is 2.40. The van der Waals surface area contributed by atoms with Gasteiger partial charge in [0.2, 0.25) is 0 Å². The van der Waals surface area contributed by atoms with Crippen molar-refractivity contribution >= 4 is 18.0 Å². The van der Waals surface area contributed by atoms with E-state index in [4.69, 9.17) is 4.98 Å². The predicted molar refractivity (Wildman–Crippen MR) is 146 cm³/mol. The number of benzene rings is 3. The number of rotatable bonds is 3. The van der Waals surface area contributed by atoms with Crippen molar-refractivity contribution in [2.45, 2.75) is 27.7 Å². The third-order valence-corrected chi connectivity index (χ3v) is 7.27. The maximum Gasteiger partial charge on any atom is 0.422 e. The zero-order valence-electron chi connectivity index (χ0n) is 20.7. The van der Waals surface area contributed by atoms with Crippen LogP contribution in [0, 0.1) is 27.7 Å². The van der Waals surface area contributed by atoms with E-state index in [2.05, 4.69) is 134 Å². The van der Waals surface area contributed by atoms with Crippen LogP contribution in [0.3, 0.4) is 0 Å². The van der Waals surface area contributed by atoms with Gasteiger partial charge >= 0.3 is 6.98 Å². The highest BCUT2D eigenvalue weighted by atomic mass is 15.2. The molecule has 0 amide bonds. The van der Waals surface area contributed by atoms with Crippen LogP contribution in [0.25, 0.3) is 17.0 Å². The Hall–Kier alpha value is -4.05. The van der Waals surface area contributed by atoms with E-state index in [1.807, 2.05) is 0 Å². The first-order chi connectivity index (χ1) is 17.1. The largest absolute Gasteiger partial charge is 0.422 e. The fourth-order valence-electron chi connectivity index (χ4n) is 5.70. The number of nitrogens with zero attached hydrogens (tertiary/aromatic N) is 3. The Morgan fingerprint density at radius 2 is 1.37 bits per heavy atom. The number of allylic oxidation sites excluding steroid dienone is 3. The molecule has 0 saturated carbocycles. The number of fused-ring (bicyclic) bond motifs is 2. The van der Waals surface area contributed by atoms with Crippen LogP contribution in [0.4, 0.5) is 0 Å². The van der Waals surface area contributed by atoms with Crippen LogP contribution in [0.5, 0.6) is 0 Å². The summed E-state index contributed by atoms with van der Waals surface area (Å²) in [5, 5.41) is 0. The lowest BCUT2D eigenvalue weighted by atomic mass is 9.59. The zero-order chi connectivity index (χ0) is 24.1. The van der Waals surface area contributed by atoms with Gasteiger partial charge in [0.25, 0.3) is 0 Å². The molecule has 0 radical (unpaired) electrons. The average Bonchev–Trinajstić information content (AvgIpc) is 3.30. The van der Waals surface area contributed by atoms with Gasteiger partial charge in [-0.3, -0.25) is 0 Å². The van der Waals surface area contributed by atoms with Crippen molar-refractivity contribution in [3.63, 3.8) is 0 Å². The molecule has 0 unspecified atom stereocenters. The molecule has 3 nitrogen and oxygen atoms in total. The molecule has 0 bridgehead atoms. The Balaban J connectivity index is 1.74. The van der Waals surface area contributed by atoms with Crippen LogP contribution < -0.4 is 5.46 Å². The van der Waals surface area contributed by atoms with Crippen LogP contribution in [-0.2, 0) is 0 Å². The first-order valence-corrected chi connectivity index (χ1v) is 12.2. The molecule has 4 heteroatoms. The standard InChI is InChI=1S/C31H28BN3/c1-21-12-10-13-22(2)28(21)29-26-18-8-9-19-34(26)32(30-23(3)14-11-15-24(30)4)35-27(29)20-33-31(35)25-16-6-5-7-17-25/h5-20H,1-4H3. The summed E-state index contributed by atoms with van der Waals surface area (Å²) in [7, 11) is 0. The SMILES string of the molecule is Cc1cccc(C)c1B1N2C=CC=CC2=C(c2c(C)cccc2C)c2cnc(-c3ccccc3)n21. The fourth-order valence-corrected chi connectivity index (χ4v) is 5.70. The minimum Gasteiger partial charge on any atom is -0.367 e. The maximum atomic E-state index is 5.05. The van der Waals surface area contributed by atoms with E-state index in [1.54, 1.807) is 0 Å². The van der Waals surface area contributed by atoms with Crippen LogP contribution >= 0.6 is 0 Å². The van der Waals surface area contributed by atoms with Gasteiger partial charge in [-0.25, -0.2) is 4.98 Å². The molecule has 6 rings (SSSR count). The minimum absolute atomic E-state index is 0.0341. The summed E-state index contributed by atoms with van der Waals surface area (Å²) >= 11 is 0. The zero-order valence-corrected chi connectivity index (χ0v) is 20.7. The van der Waals surface area contributed by atoms with Crippen LogP contribution in [0.1, 0.15) is 33.5 Å². The normalized spacial score (nSPS) is 14.4. The molecule has 0 fully saturated rings. The van der Waals surface area contributed by atoms with Gasteiger partial charge in [-0.2, -0.15) is 0 Å². The Labute approximate surface area is 207 Å². The van der Waals surface area contributed by atoms with Gasteiger partial charge in [-0.1, -0.05) is 83.9 Å². The molecule has 2 aliphatic rings. The molecule has 170 valence electrons. The number of hydrogen-bond donors (Lipinski definition) is 0. The second-order valence-corrected chi connectivity index (χ2v) is 9.52. The molecule has 0 saturated heterocycles. The second kappa shape index (κ2) is 8.32. The fraction of sp³-hybridized carbons (Fsp3) is 0.129. The first-order valence-electron chi connectivity index (χ1n) is 12.2. The second-order valence-electron chi connectivity index (χ2n) is 9.52. The van der Waals surface area contributed by atoms with Gasteiger partial charge in [-0.05, 0) is 68.2 Å². The van der Waals surface area contributed by atoms with Crippen LogP contribution in [0.2, 0.25) is 0 Å². The molecule has 35 heavy (non-hydrogen) atoms. The smallest absolute Gasteiger partial charge is 0.367 e. The summed E-state index contributed by atoms with van der Waals surface area (Å²) in [5.74, 6) is 0.985. The van der Waals surface area contributed by atoms with E-state index in [9.17, 15) is 0 Å². The average molecular weight is 453 g/mol. The van der Waals surface area contributed by atoms with E-state index in [0.29, 0.717) is 0 Å². The summed E-state index contributed by atoms with van der Waals surface area (Å²) in [6.45, 7) is 8.82. The lowest BCUT2D eigenvalue weighted by Gasteiger charge is -2.40. The van der Waals surface area contributed by atoms with Crippen molar-refractivity contribution < 1.29 is 0 Å². The molecule has 3 aromatic carbocycles. The molecule has 3 heterocycles. The molecular formula is C31H28BN3. The molecular weight excluding hydrogens is 425 g/mol. The highest BCUT2D eigenvalue weighted by molar-refractivity contribution is 6.72. The first kappa shape index (κ1) is 21.5. The molecule has 0 spiro atoms. The summed E-state index contributed by atoms with van der Waals surface area (Å²) < 4.78 is 2.44. The molecule has 1 aromatic heterocycles.